The third-order valence-corrected chi connectivity index (χ3v) is 2.72. The molecule has 106 valence electrons. The standard InChI is InChI=1S/C13H15N3O4/c1-2-9-6-14-11(20-9)7-15-13(19)10-4-3-5-16(10)8-12(17)18/h3-6H,2,7-8H2,1H3,(H,15,19)(H,17,18). The minimum atomic E-state index is -1.00. The van der Waals surface area contributed by atoms with Crippen LogP contribution in [0.25, 0.3) is 0 Å². The minimum Gasteiger partial charge on any atom is -0.480 e. The highest BCUT2D eigenvalue weighted by Crippen LogP contribution is 2.06. The first-order valence-electron chi connectivity index (χ1n) is 6.19. The molecule has 2 rings (SSSR count). The van der Waals surface area contributed by atoms with Gasteiger partial charge in [0.2, 0.25) is 5.89 Å². The third-order valence-electron chi connectivity index (χ3n) is 2.72. The maximum absolute atomic E-state index is 12.0. The van der Waals surface area contributed by atoms with E-state index in [1.165, 1.54) is 4.57 Å². The van der Waals surface area contributed by atoms with Crippen molar-refractivity contribution in [3.8, 4) is 0 Å². The van der Waals surface area contributed by atoms with E-state index in [9.17, 15) is 9.59 Å². The van der Waals surface area contributed by atoms with E-state index < -0.39 is 5.97 Å². The number of carboxylic acids is 1. The van der Waals surface area contributed by atoms with Gasteiger partial charge in [0.25, 0.3) is 5.91 Å². The van der Waals surface area contributed by atoms with Crippen LogP contribution in [0.3, 0.4) is 0 Å². The molecule has 0 bridgehead atoms. The largest absolute Gasteiger partial charge is 0.480 e. The van der Waals surface area contributed by atoms with E-state index in [-0.39, 0.29) is 24.7 Å². The number of nitrogens with zero attached hydrogens (tertiary/aromatic N) is 2. The Kier molecular flexibility index (Phi) is 4.19. The molecule has 0 aromatic carbocycles. The van der Waals surface area contributed by atoms with E-state index in [2.05, 4.69) is 10.3 Å². The predicted octanol–water partition coefficient (Wildman–Crippen LogP) is 1.05. The molecule has 2 N–H and O–H groups in total. The molecule has 0 fully saturated rings. The lowest BCUT2D eigenvalue weighted by Gasteiger charge is -2.06. The predicted molar refractivity (Wildman–Crippen MR) is 69.1 cm³/mol. The van der Waals surface area contributed by atoms with Crippen molar-refractivity contribution in [3.05, 3.63) is 41.9 Å². The van der Waals surface area contributed by atoms with Crippen molar-refractivity contribution in [2.45, 2.75) is 26.4 Å². The molecule has 0 aliphatic heterocycles. The molecule has 0 aliphatic rings. The van der Waals surface area contributed by atoms with Crippen molar-refractivity contribution >= 4 is 11.9 Å². The van der Waals surface area contributed by atoms with Crippen LogP contribution in [0.1, 0.15) is 29.1 Å². The van der Waals surface area contributed by atoms with Crippen molar-refractivity contribution in [2.24, 2.45) is 0 Å². The van der Waals surface area contributed by atoms with Gasteiger partial charge < -0.3 is 19.4 Å². The van der Waals surface area contributed by atoms with Gasteiger partial charge in [-0.1, -0.05) is 6.92 Å². The summed E-state index contributed by atoms with van der Waals surface area (Å²) < 4.78 is 6.73. The average Bonchev–Trinajstić information content (AvgIpc) is 3.04. The molecule has 0 saturated carbocycles. The zero-order valence-electron chi connectivity index (χ0n) is 11.0. The number of aliphatic carboxylic acids is 1. The summed E-state index contributed by atoms with van der Waals surface area (Å²) in [6.07, 6.45) is 3.90. The lowest BCUT2D eigenvalue weighted by atomic mass is 10.4. The van der Waals surface area contributed by atoms with E-state index in [1.54, 1.807) is 24.5 Å². The Morgan fingerprint density at radius 3 is 2.95 bits per heavy atom. The summed E-state index contributed by atoms with van der Waals surface area (Å²) in [6, 6.07) is 3.18. The Morgan fingerprint density at radius 1 is 1.50 bits per heavy atom. The highest BCUT2D eigenvalue weighted by Gasteiger charge is 2.13. The molecule has 0 radical (unpaired) electrons. The number of aryl methyl sites for hydroxylation is 1. The summed E-state index contributed by atoms with van der Waals surface area (Å²) in [4.78, 5) is 26.7. The number of carboxylic acid groups (broad SMARTS) is 1. The Bertz CT molecular complexity index is 615. The van der Waals surface area contributed by atoms with Gasteiger partial charge >= 0.3 is 5.97 Å². The highest BCUT2D eigenvalue weighted by atomic mass is 16.4. The SMILES string of the molecule is CCc1cnc(CNC(=O)c2cccn2CC(=O)O)o1. The normalized spacial score (nSPS) is 10.4. The highest BCUT2D eigenvalue weighted by molar-refractivity contribution is 5.93. The first-order chi connectivity index (χ1) is 9.60. The van der Waals surface area contributed by atoms with Crippen LogP contribution in [0.15, 0.2) is 28.9 Å². The quantitative estimate of drug-likeness (QED) is 0.822. The molecule has 0 spiro atoms. The van der Waals surface area contributed by atoms with Crippen LogP contribution in [0.2, 0.25) is 0 Å². The zero-order chi connectivity index (χ0) is 14.5. The van der Waals surface area contributed by atoms with Crippen molar-refractivity contribution < 1.29 is 19.1 Å². The van der Waals surface area contributed by atoms with Crippen molar-refractivity contribution in [1.29, 1.82) is 0 Å². The van der Waals surface area contributed by atoms with Crippen LogP contribution in [-0.4, -0.2) is 26.5 Å². The molecule has 0 saturated heterocycles. The molecule has 2 aromatic heterocycles. The van der Waals surface area contributed by atoms with Gasteiger partial charge in [-0.25, -0.2) is 4.98 Å². The molecule has 0 aliphatic carbocycles. The fourth-order valence-corrected chi connectivity index (χ4v) is 1.74. The first-order valence-corrected chi connectivity index (χ1v) is 6.19. The average molecular weight is 277 g/mol. The summed E-state index contributed by atoms with van der Waals surface area (Å²) in [5.74, 6) is -0.196. The third kappa shape index (κ3) is 3.25. The number of amides is 1. The topological polar surface area (TPSA) is 97.4 Å². The van der Waals surface area contributed by atoms with Crippen LogP contribution >= 0.6 is 0 Å². The van der Waals surface area contributed by atoms with E-state index in [0.29, 0.717) is 5.89 Å². The smallest absolute Gasteiger partial charge is 0.323 e. The summed E-state index contributed by atoms with van der Waals surface area (Å²) in [7, 11) is 0. The summed E-state index contributed by atoms with van der Waals surface area (Å²) in [5, 5.41) is 11.4. The number of aromatic nitrogens is 2. The molecular formula is C13H15N3O4. The van der Waals surface area contributed by atoms with E-state index in [1.807, 2.05) is 6.92 Å². The maximum atomic E-state index is 12.0. The fourth-order valence-electron chi connectivity index (χ4n) is 1.74. The molecule has 0 atom stereocenters. The lowest BCUT2D eigenvalue weighted by molar-refractivity contribution is -0.137. The number of hydrogen-bond donors (Lipinski definition) is 2. The van der Waals surface area contributed by atoms with Crippen molar-refractivity contribution in [1.82, 2.24) is 14.9 Å². The zero-order valence-corrected chi connectivity index (χ0v) is 11.0. The minimum absolute atomic E-state index is 0.164. The summed E-state index contributed by atoms with van der Waals surface area (Å²) in [6.45, 7) is 1.85. The Balaban J connectivity index is 1.98. The van der Waals surface area contributed by atoms with Gasteiger partial charge in [0.15, 0.2) is 0 Å². The molecule has 7 nitrogen and oxygen atoms in total. The molecule has 0 unspecified atom stereocenters. The van der Waals surface area contributed by atoms with Gasteiger partial charge in [-0.2, -0.15) is 0 Å². The van der Waals surface area contributed by atoms with Gasteiger partial charge in [-0.15, -0.1) is 0 Å². The molecule has 1 amide bonds. The number of hydrogen-bond acceptors (Lipinski definition) is 4. The van der Waals surface area contributed by atoms with Crippen LogP contribution in [-0.2, 0) is 24.3 Å². The second-order valence-corrected chi connectivity index (χ2v) is 4.17. The molecule has 20 heavy (non-hydrogen) atoms. The second kappa shape index (κ2) is 6.05. The lowest BCUT2D eigenvalue weighted by Crippen LogP contribution is -2.26. The van der Waals surface area contributed by atoms with Crippen LogP contribution < -0.4 is 5.32 Å². The van der Waals surface area contributed by atoms with Gasteiger partial charge in [0, 0.05) is 12.6 Å². The number of rotatable bonds is 6. The number of nitrogens with one attached hydrogen (secondary N) is 1. The van der Waals surface area contributed by atoms with Crippen LogP contribution in [0, 0.1) is 0 Å². The Hall–Kier alpha value is -2.57. The fraction of sp³-hybridized carbons (Fsp3) is 0.308. The van der Waals surface area contributed by atoms with Crippen molar-refractivity contribution in [2.75, 3.05) is 0 Å². The van der Waals surface area contributed by atoms with E-state index >= 15 is 0 Å². The molecular weight excluding hydrogens is 262 g/mol. The van der Waals surface area contributed by atoms with Gasteiger partial charge in [-0.05, 0) is 12.1 Å². The van der Waals surface area contributed by atoms with Gasteiger partial charge in [0.1, 0.15) is 18.0 Å². The van der Waals surface area contributed by atoms with Gasteiger partial charge in [-0.3, -0.25) is 9.59 Å². The van der Waals surface area contributed by atoms with Crippen LogP contribution in [0.4, 0.5) is 0 Å². The Labute approximate surface area is 115 Å². The number of carbonyl (C=O) groups is 2. The molecule has 2 heterocycles. The van der Waals surface area contributed by atoms with E-state index in [0.717, 1.165) is 12.2 Å². The Morgan fingerprint density at radius 2 is 2.30 bits per heavy atom. The monoisotopic (exact) mass is 277 g/mol. The summed E-state index contributed by atoms with van der Waals surface area (Å²) >= 11 is 0. The second-order valence-electron chi connectivity index (χ2n) is 4.17. The number of oxazole rings is 1. The first kappa shape index (κ1) is 13.9. The van der Waals surface area contributed by atoms with Crippen molar-refractivity contribution in [3.63, 3.8) is 0 Å². The van der Waals surface area contributed by atoms with Crippen LogP contribution in [0.5, 0.6) is 0 Å². The molecule has 7 heteroatoms. The molecule has 2 aromatic rings. The van der Waals surface area contributed by atoms with E-state index in [4.69, 9.17) is 9.52 Å². The number of carbonyl (C=O) groups excluding carboxylic acids is 1. The maximum Gasteiger partial charge on any atom is 0.323 e. The van der Waals surface area contributed by atoms with Gasteiger partial charge in [0.05, 0.1) is 12.7 Å². The summed E-state index contributed by atoms with van der Waals surface area (Å²) in [5.41, 5.74) is 0.287.